The number of hydrogen-bond donors (Lipinski definition) is 1. The molecule has 1 atom stereocenters. The van der Waals surface area contributed by atoms with Crippen molar-refractivity contribution in [2.45, 2.75) is 10.9 Å². The van der Waals surface area contributed by atoms with E-state index in [0.717, 1.165) is 5.56 Å². The summed E-state index contributed by atoms with van der Waals surface area (Å²) in [4.78, 5) is 8.60. The Kier molecular flexibility index (Phi) is 3.02. The Labute approximate surface area is 119 Å². The molecule has 7 heteroatoms. The smallest absolute Gasteiger partial charge is 0.181 e. The number of anilines is 1. The molecule has 0 spiro atoms. The number of benzene rings is 1. The lowest BCUT2D eigenvalue weighted by Gasteiger charge is -2.12. The number of nitrogens with one attached hydrogen (secondary N) is 1. The van der Waals surface area contributed by atoms with Crippen LogP contribution < -0.4 is 5.32 Å². The highest BCUT2D eigenvalue weighted by Gasteiger charge is 2.34. The molecule has 1 aromatic carbocycles. The molecule has 0 saturated carbocycles. The number of sulfone groups is 1. The van der Waals surface area contributed by atoms with E-state index in [1.54, 1.807) is 24.5 Å². The zero-order valence-corrected chi connectivity index (χ0v) is 12.1. The van der Waals surface area contributed by atoms with Gasteiger partial charge in [0, 0.05) is 0 Å². The molecule has 0 aliphatic carbocycles. The molecule has 1 aliphatic heterocycles. The van der Waals surface area contributed by atoms with Crippen LogP contribution in [0, 0.1) is 0 Å². The second kappa shape index (κ2) is 4.57. The lowest BCUT2D eigenvalue weighted by Crippen LogP contribution is -2.13. The normalized spacial score (nSPS) is 19.9. The van der Waals surface area contributed by atoms with Gasteiger partial charge in [-0.2, -0.15) is 0 Å². The lowest BCUT2D eigenvalue weighted by molar-refractivity contribution is 0.598. The molecule has 1 aromatic heterocycles. The van der Waals surface area contributed by atoms with Gasteiger partial charge in [0.15, 0.2) is 9.84 Å². The fraction of sp³-hybridized carbons (Fsp3) is 0.167. The fourth-order valence-electron chi connectivity index (χ4n) is 2.14. The van der Waals surface area contributed by atoms with Crippen LogP contribution >= 0.6 is 15.9 Å². The first-order chi connectivity index (χ1) is 9.06. The van der Waals surface area contributed by atoms with Gasteiger partial charge in [-0.1, -0.05) is 18.2 Å². The van der Waals surface area contributed by atoms with E-state index in [1.807, 2.05) is 12.1 Å². The van der Waals surface area contributed by atoms with Gasteiger partial charge in [0.2, 0.25) is 0 Å². The summed E-state index contributed by atoms with van der Waals surface area (Å²) in [7, 11) is -3.20. The van der Waals surface area contributed by atoms with Gasteiger partial charge in [-0.05, 0) is 27.6 Å². The van der Waals surface area contributed by atoms with E-state index in [0.29, 0.717) is 15.3 Å². The molecule has 5 nitrogen and oxygen atoms in total. The maximum atomic E-state index is 12.0. The van der Waals surface area contributed by atoms with E-state index in [1.165, 1.54) is 0 Å². The van der Waals surface area contributed by atoms with E-state index in [9.17, 15) is 8.42 Å². The first-order valence-electron chi connectivity index (χ1n) is 5.62. The Balaban J connectivity index is 1.94. The summed E-state index contributed by atoms with van der Waals surface area (Å²) >= 11 is 3.20. The monoisotopic (exact) mass is 339 g/mol. The highest BCUT2D eigenvalue weighted by molar-refractivity contribution is 9.10. The second-order valence-electron chi connectivity index (χ2n) is 4.24. The van der Waals surface area contributed by atoms with E-state index >= 15 is 0 Å². The van der Waals surface area contributed by atoms with Crippen molar-refractivity contribution >= 4 is 31.6 Å². The third-order valence-electron chi connectivity index (χ3n) is 2.96. The van der Waals surface area contributed by atoms with Crippen LogP contribution in [0.3, 0.4) is 0 Å². The quantitative estimate of drug-likeness (QED) is 0.907. The predicted octanol–water partition coefficient (Wildman–Crippen LogP) is 2.18. The number of aromatic nitrogens is 2. The molecule has 3 rings (SSSR count). The molecule has 2 heterocycles. The largest absolute Gasteiger partial charge is 0.361 e. The molecular formula is C12H10BrN3O2S. The van der Waals surface area contributed by atoms with Gasteiger partial charge in [0.25, 0.3) is 0 Å². The van der Waals surface area contributed by atoms with Gasteiger partial charge in [0.05, 0.1) is 29.1 Å². The standard InChI is InChI=1S/C12H10BrN3O2S/c13-11-5-15-12(6-14-11)16-9-7-19(17,18)10-4-2-1-3-8(9)10/h1-6,9H,7H2,(H,15,16). The van der Waals surface area contributed by atoms with Gasteiger partial charge < -0.3 is 5.32 Å². The second-order valence-corrected chi connectivity index (χ2v) is 7.06. The van der Waals surface area contributed by atoms with Gasteiger partial charge in [-0.3, -0.25) is 0 Å². The molecule has 0 amide bonds. The highest BCUT2D eigenvalue weighted by atomic mass is 79.9. The minimum Gasteiger partial charge on any atom is -0.361 e. The first-order valence-corrected chi connectivity index (χ1v) is 8.06. The number of rotatable bonds is 2. The zero-order valence-electron chi connectivity index (χ0n) is 9.75. The average molecular weight is 340 g/mol. The highest BCUT2D eigenvalue weighted by Crippen LogP contribution is 2.34. The number of hydrogen-bond acceptors (Lipinski definition) is 5. The van der Waals surface area contributed by atoms with Crippen LogP contribution in [0.1, 0.15) is 11.6 Å². The van der Waals surface area contributed by atoms with E-state index < -0.39 is 9.84 Å². The summed E-state index contributed by atoms with van der Waals surface area (Å²) in [6, 6.07) is 6.75. The predicted molar refractivity (Wildman–Crippen MR) is 74.6 cm³/mol. The summed E-state index contributed by atoms with van der Waals surface area (Å²) in [6.45, 7) is 0. The molecule has 0 bridgehead atoms. The van der Waals surface area contributed by atoms with Gasteiger partial charge in [-0.25, -0.2) is 18.4 Å². The average Bonchev–Trinajstić information content (AvgIpc) is 2.65. The maximum Gasteiger partial charge on any atom is 0.181 e. The van der Waals surface area contributed by atoms with Crippen LogP contribution in [0.5, 0.6) is 0 Å². The molecule has 98 valence electrons. The molecule has 0 saturated heterocycles. The number of halogens is 1. The van der Waals surface area contributed by atoms with E-state index in [-0.39, 0.29) is 11.8 Å². The summed E-state index contributed by atoms with van der Waals surface area (Å²) in [5.41, 5.74) is 0.784. The van der Waals surface area contributed by atoms with Crippen molar-refractivity contribution in [1.29, 1.82) is 0 Å². The van der Waals surface area contributed by atoms with Crippen LogP contribution in [0.15, 0.2) is 46.2 Å². The van der Waals surface area contributed by atoms with Crippen molar-refractivity contribution in [2.75, 3.05) is 11.1 Å². The van der Waals surface area contributed by atoms with Crippen molar-refractivity contribution in [1.82, 2.24) is 9.97 Å². The fourth-order valence-corrected chi connectivity index (χ4v) is 4.08. The minimum atomic E-state index is -3.20. The van der Waals surface area contributed by atoms with Crippen LogP contribution in [0.25, 0.3) is 0 Å². The molecule has 1 unspecified atom stereocenters. The Hall–Kier alpha value is -1.47. The first kappa shape index (κ1) is 12.6. The molecule has 0 radical (unpaired) electrons. The van der Waals surface area contributed by atoms with Crippen LogP contribution in [0.4, 0.5) is 5.82 Å². The van der Waals surface area contributed by atoms with Crippen molar-refractivity contribution < 1.29 is 8.42 Å². The molecule has 0 fully saturated rings. The Bertz CT molecular complexity index is 716. The lowest BCUT2D eigenvalue weighted by atomic mass is 10.1. The van der Waals surface area contributed by atoms with Crippen LogP contribution in [0.2, 0.25) is 0 Å². The van der Waals surface area contributed by atoms with Gasteiger partial charge in [0.1, 0.15) is 10.4 Å². The Morgan fingerprint density at radius 1 is 1.21 bits per heavy atom. The summed E-state index contributed by atoms with van der Waals surface area (Å²) in [6.07, 6.45) is 3.13. The summed E-state index contributed by atoms with van der Waals surface area (Å²) in [5, 5.41) is 3.11. The molecule has 19 heavy (non-hydrogen) atoms. The number of nitrogens with zero attached hydrogens (tertiary/aromatic N) is 2. The molecule has 1 N–H and O–H groups in total. The summed E-state index contributed by atoms with van der Waals surface area (Å²) in [5.74, 6) is 0.601. The Morgan fingerprint density at radius 3 is 2.74 bits per heavy atom. The van der Waals surface area contributed by atoms with Crippen molar-refractivity contribution in [3.63, 3.8) is 0 Å². The van der Waals surface area contributed by atoms with Crippen molar-refractivity contribution in [3.8, 4) is 0 Å². The van der Waals surface area contributed by atoms with E-state index in [2.05, 4.69) is 31.2 Å². The van der Waals surface area contributed by atoms with Crippen LogP contribution in [-0.4, -0.2) is 24.1 Å². The van der Waals surface area contributed by atoms with Crippen LogP contribution in [-0.2, 0) is 9.84 Å². The molecule has 2 aromatic rings. The topological polar surface area (TPSA) is 72.0 Å². The van der Waals surface area contributed by atoms with Gasteiger partial charge in [-0.15, -0.1) is 0 Å². The van der Waals surface area contributed by atoms with Crippen molar-refractivity contribution in [3.05, 3.63) is 46.8 Å². The number of fused-ring (bicyclic) bond motifs is 1. The third kappa shape index (κ3) is 2.35. The maximum absolute atomic E-state index is 12.0. The third-order valence-corrected chi connectivity index (χ3v) is 5.18. The zero-order chi connectivity index (χ0) is 13.5. The van der Waals surface area contributed by atoms with E-state index in [4.69, 9.17) is 0 Å². The molecular weight excluding hydrogens is 330 g/mol. The minimum absolute atomic E-state index is 0.0457. The summed E-state index contributed by atoms with van der Waals surface area (Å²) < 4.78 is 24.7. The Morgan fingerprint density at radius 2 is 2.00 bits per heavy atom. The SMILES string of the molecule is O=S1(=O)CC(Nc2cnc(Br)cn2)c2ccccc21. The van der Waals surface area contributed by atoms with Gasteiger partial charge >= 0.3 is 0 Å². The van der Waals surface area contributed by atoms with Crippen molar-refractivity contribution in [2.24, 2.45) is 0 Å². The molecule has 1 aliphatic rings.